The predicted octanol–water partition coefficient (Wildman–Crippen LogP) is 2.61. The van der Waals surface area contributed by atoms with Gasteiger partial charge in [0.2, 0.25) is 0 Å². The quantitative estimate of drug-likeness (QED) is 0.624. The van der Waals surface area contributed by atoms with E-state index in [9.17, 15) is 4.39 Å². The highest BCUT2D eigenvalue weighted by Gasteiger charge is 2.02. The van der Waals surface area contributed by atoms with Crippen molar-refractivity contribution < 1.29 is 4.39 Å². The minimum Gasteiger partial charge on any atom is -0.396 e. The molecular weight excluding hydrogens is 167 g/mol. The standard InChI is InChI=1S/C8H7FN2.C2H6/c1-5-2-8(11)7(9)3-6(5)4-10;1-2/h2-3H,11H2,1H3;1-2H3. The van der Waals surface area contributed by atoms with Crippen LogP contribution in [-0.4, -0.2) is 0 Å². The zero-order chi connectivity index (χ0) is 10.4. The first-order valence-electron chi connectivity index (χ1n) is 4.11. The van der Waals surface area contributed by atoms with Gasteiger partial charge in [0.1, 0.15) is 5.82 Å². The van der Waals surface area contributed by atoms with Crippen LogP contribution in [0.25, 0.3) is 0 Å². The van der Waals surface area contributed by atoms with Gasteiger partial charge in [0.15, 0.2) is 0 Å². The van der Waals surface area contributed by atoms with Crippen LogP contribution in [0.1, 0.15) is 25.0 Å². The van der Waals surface area contributed by atoms with Crippen LogP contribution < -0.4 is 5.73 Å². The maximum Gasteiger partial charge on any atom is 0.147 e. The van der Waals surface area contributed by atoms with Gasteiger partial charge < -0.3 is 5.73 Å². The van der Waals surface area contributed by atoms with Gasteiger partial charge >= 0.3 is 0 Å². The van der Waals surface area contributed by atoms with Gasteiger partial charge in [-0.15, -0.1) is 0 Å². The average Bonchev–Trinajstić information content (AvgIpc) is 2.15. The number of nitrogens with two attached hydrogens (primary N) is 1. The highest BCUT2D eigenvalue weighted by molar-refractivity contribution is 5.49. The van der Waals surface area contributed by atoms with E-state index in [1.165, 1.54) is 6.07 Å². The molecular formula is C10H13FN2. The topological polar surface area (TPSA) is 49.8 Å². The molecule has 0 aliphatic heterocycles. The summed E-state index contributed by atoms with van der Waals surface area (Å²) >= 11 is 0. The van der Waals surface area contributed by atoms with Crippen molar-refractivity contribution in [2.24, 2.45) is 0 Å². The van der Waals surface area contributed by atoms with Gasteiger partial charge in [-0.2, -0.15) is 5.26 Å². The summed E-state index contributed by atoms with van der Waals surface area (Å²) in [5, 5.41) is 8.48. The molecule has 2 N–H and O–H groups in total. The number of anilines is 1. The number of aryl methyl sites for hydroxylation is 1. The SMILES string of the molecule is CC.Cc1cc(N)c(F)cc1C#N. The molecule has 70 valence electrons. The largest absolute Gasteiger partial charge is 0.396 e. The second kappa shape index (κ2) is 5.15. The fraction of sp³-hybridized carbons (Fsp3) is 0.300. The van der Waals surface area contributed by atoms with Crippen LogP contribution in [-0.2, 0) is 0 Å². The fourth-order valence-electron chi connectivity index (χ4n) is 0.824. The summed E-state index contributed by atoms with van der Waals surface area (Å²) in [7, 11) is 0. The monoisotopic (exact) mass is 180 g/mol. The van der Waals surface area contributed by atoms with Gasteiger partial charge in [-0.3, -0.25) is 0 Å². The Morgan fingerprint density at radius 1 is 1.38 bits per heavy atom. The molecule has 0 aromatic heterocycles. The molecule has 0 saturated heterocycles. The second-order valence-electron chi connectivity index (χ2n) is 2.30. The van der Waals surface area contributed by atoms with Crippen molar-refractivity contribution >= 4 is 5.69 Å². The Balaban J connectivity index is 0.000000671. The van der Waals surface area contributed by atoms with E-state index in [-0.39, 0.29) is 5.69 Å². The van der Waals surface area contributed by atoms with Crippen molar-refractivity contribution in [2.45, 2.75) is 20.8 Å². The van der Waals surface area contributed by atoms with E-state index in [1.54, 1.807) is 6.92 Å². The molecule has 3 heteroatoms. The number of nitrogens with zero attached hydrogens (tertiary/aromatic N) is 1. The van der Waals surface area contributed by atoms with Gasteiger partial charge in [-0.05, 0) is 24.6 Å². The summed E-state index contributed by atoms with van der Waals surface area (Å²) in [6, 6.07) is 4.46. The van der Waals surface area contributed by atoms with Gasteiger partial charge in [-0.25, -0.2) is 4.39 Å². The molecule has 0 atom stereocenters. The molecule has 0 amide bonds. The van der Waals surface area contributed by atoms with E-state index in [2.05, 4.69) is 0 Å². The maximum absolute atomic E-state index is 12.7. The third kappa shape index (κ3) is 2.75. The van der Waals surface area contributed by atoms with E-state index >= 15 is 0 Å². The number of rotatable bonds is 0. The summed E-state index contributed by atoms with van der Waals surface area (Å²) in [5.74, 6) is -0.535. The normalized spacial score (nSPS) is 8.23. The highest BCUT2D eigenvalue weighted by Crippen LogP contribution is 2.15. The fourth-order valence-corrected chi connectivity index (χ4v) is 0.824. The average molecular weight is 180 g/mol. The second-order valence-corrected chi connectivity index (χ2v) is 2.30. The number of hydrogen-bond donors (Lipinski definition) is 1. The minimum absolute atomic E-state index is 0.0847. The van der Waals surface area contributed by atoms with E-state index < -0.39 is 5.82 Å². The lowest BCUT2D eigenvalue weighted by Crippen LogP contribution is -1.93. The van der Waals surface area contributed by atoms with Crippen molar-refractivity contribution in [3.63, 3.8) is 0 Å². The molecule has 0 aliphatic carbocycles. The molecule has 0 aliphatic rings. The molecule has 0 spiro atoms. The first-order chi connectivity index (χ1) is 6.15. The number of nitrogen functional groups attached to an aromatic ring is 1. The third-order valence-electron chi connectivity index (χ3n) is 1.46. The Kier molecular flexibility index (Phi) is 4.53. The van der Waals surface area contributed by atoms with Gasteiger partial charge in [0.05, 0.1) is 17.3 Å². The molecule has 0 heterocycles. The van der Waals surface area contributed by atoms with Crippen molar-refractivity contribution in [3.05, 3.63) is 29.1 Å². The highest BCUT2D eigenvalue weighted by atomic mass is 19.1. The smallest absolute Gasteiger partial charge is 0.147 e. The zero-order valence-corrected chi connectivity index (χ0v) is 8.06. The van der Waals surface area contributed by atoms with Crippen molar-refractivity contribution in [1.82, 2.24) is 0 Å². The molecule has 1 aromatic carbocycles. The minimum atomic E-state index is -0.535. The van der Waals surface area contributed by atoms with Crippen LogP contribution in [0.2, 0.25) is 0 Å². The Morgan fingerprint density at radius 3 is 2.38 bits per heavy atom. The summed E-state index contributed by atoms with van der Waals surface area (Å²) in [4.78, 5) is 0. The van der Waals surface area contributed by atoms with Gasteiger partial charge in [0, 0.05) is 0 Å². The number of hydrogen-bond acceptors (Lipinski definition) is 2. The van der Waals surface area contributed by atoms with Crippen LogP contribution >= 0.6 is 0 Å². The molecule has 2 nitrogen and oxygen atoms in total. The van der Waals surface area contributed by atoms with Gasteiger partial charge in [0.25, 0.3) is 0 Å². The Hall–Kier alpha value is -1.56. The number of nitriles is 1. The lowest BCUT2D eigenvalue weighted by atomic mass is 10.1. The van der Waals surface area contributed by atoms with Crippen LogP contribution in [0.5, 0.6) is 0 Å². The molecule has 1 aromatic rings. The lowest BCUT2D eigenvalue weighted by Gasteiger charge is -1.99. The zero-order valence-electron chi connectivity index (χ0n) is 8.06. The molecule has 0 unspecified atom stereocenters. The molecule has 0 saturated carbocycles. The van der Waals surface area contributed by atoms with E-state index in [4.69, 9.17) is 11.0 Å². The van der Waals surface area contributed by atoms with Crippen LogP contribution in [0.3, 0.4) is 0 Å². The molecule has 1 rings (SSSR count). The summed E-state index contributed by atoms with van der Waals surface area (Å²) in [6.45, 7) is 5.72. The first kappa shape index (κ1) is 11.4. The summed E-state index contributed by atoms with van der Waals surface area (Å²) < 4.78 is 12.7. The van der Waals surface area contributed by atoms with E-state index in [1.807, 2.05) is 19.9 Å². The van der Waals surface area contributed by atoms with Gasteiger partial charge in [-0.1, -0.05) is 13.8 Å². The molecule has 0 bridgehead atoms. The van der Waals surface area contributed by atoms with Crippen LogP contribution in [0.4, 0.5) is 10.1 Å². The lowest BCUT2D eigenvalue weighted by molar-refractivity contribution is 0.631. The van der Waals surface area contributed by atoms with Crippen molar-refractivity contribution in [3.8, 4) is 6.07 Å². The third-order valence-corrected chi connectivity index (χ3v) is 1.46. The van der Waals surface area contributed by atoms with Crippen molar-refractivity contribution in [1.29, 1.82) is 5.26 Å². The number of benzene rings is 1. The summed E-state index contributed by atoms with van der Waals surface area (Å²) in [5.41, 5.74) is 6.38. The Morgan fingerprint density at radius 2 is 1.92 bits per heavy atom. The Labute approximate surface area is 77.8 Å². The predicted molar refractivity (Wildman–Crippen MR) is 51.6 cm³/mol. The van der Waals surface area contributed by atoms with E-state index in [0.29, 0.717) is 11.1 Å². The van der Waals surface area contributed by atoms with Crippen LogP contribution in [0.15, 0.2) is 12.1 Å². The van der Waals surface area contributed by atoms with Crippen molar-refractivity contribution in [2.75, 3.05) is 5.73 Å². The van der Waals surface area contributed by atoms with E-state index in [0.717, 1.165) is 6.07 Å². The summed E-state index contributed by atoms with van der Waals surface area (Å²) in [6.07, 6.45) is 0. The van der Waals surface area contributed by atoms with Crippen LogP contribution in [0, 0.1) is 24.1 Å². The molecule has 0 fully saturated rings. The molecule has 13 heavy (non-hydrogen) atoms. The maximum atomic E-state index is 12.7. The Bertz CT molecular complexity index is 326. The first-order valence-corrected chi connectivity index (χ1v) is 4.11. The number of halogens is 1. The molecule has 0 radical (unpaired) electrons.